The van der Waals surface area contributed by atoms with Crippen LogP contribution in [0.15, 0.2) is 10.7 Å². The summed E-state index contributed by atoms with van der Waals surface area (Å²) in [7, 11) is 1.94. The van der Waals surface area contributed by atoms with Crippen LogP contribution < -0.4 is 10.6 Å². The van der Waals surface area contributed by atoms with Crippen LogP contribution in [0.1, 0.15) is 6.92 Å². The predicted octanol–water partition coefficient (Wildman–Crippen LogP) is -0.425. The minimum Gasteiger partial charge on any atom is -0.319 e. The Hall–Kier alpha value is -0.420. The summed E-state index contributed by atoms with van der Waals surface area (Å²) < 4.78 is 0. The van der Waals surface area contributed by atoms with Gasteiger partial charge < -0.3 is 16.0 Å². The van der Waals surface area contributed by atoms with Gasteiger partial charge >= 0.3 is 0 Å². The highest BCUT2D eigenvalue weighted by atomic mass is 35.5. The Morgan fingerprint density at radius 3 is 2.60 bits per heavy atom. The first kappa shape index (κ1) is 12.6. The highest BCUT2D eigenvalue weighted by molar-refractivity contribution is 6.43. The summed E-state index contributed by atoms with van der Waals surface area (Å²) in [5.41, 5.74) is 1.51. The quantitative estimate of drug-likeness (QED) is 0.576. The highest BCUT2D eigenvalue weighted by Crippen LogP contribution is 2.07. The summed E-state index contributed by atoms with van der Waals surface area (Å²) >= 11 is 6.08. The van der Waals surface area contributed by atoms with Gasteiger partial charge in [-0.15, -0.1) is 0 Å². The fourth-order valence-electron chi connectivity index (χ4n) is 1.53. The molecule has 5 heteroatoms. The van der Waals surface area contributed by atoms with Crippen molar-refractivity contribution in [3.05, 3.63) is 10.7 Å². The molecule has 0 unspecified atom stereocenters. The highest BCUT2D eigenvalue weighted by Gasteiger charge is 2.15. The largest absolute Gasteiger partial charge is 0.319 e. The molecule has 0 spiro atoms. The normalized spacial score (nSPS) is 19.9. The third-order valence-electron chi connectivity index (χ3n) is 2.64. The Labute approximate surface area is 96.2 Å². The molecule has 0 atom stereocenters. The minimum atomic E-state index is 0.522. The maximum atomic E-state index is 7.89. The lowest BCUT2D eigenvalue weighted by Crippen LogP contribution is -2.77. The molecule has 0 aromatic rings. The third kappa shape index (κ3) is 3.91. The summed E-state index contributed by atoms with van der Waals surface area (Å²) in [6.45, 7) is 6.62. The average molecular weight is 232 g/mol. The lowest BCUT2D eigenvalue weighted by Gasteiger charge is -2.27. The van der Waals surface area contributed by atoms with Gasteiger partial charge in [-0.1, -0.05) is 11.6 Å². The Bertz CT molecular complexity index is 256. The number of nitrogens with zero attached hydrogens (tertiary/aromatic N) is 1. The first-order chi connectivity index (χ1) is 7.15. The van der Waals surface area contributed by atoms with Crippen LogP contribution in [-0.2, 0) is 0 Å². The number of allylic oxidation sites excluding steroid dienone is 1. The molecule has 4 nitrogen and oxygen atoms in total. The maximum absolute atomic E-state index is 7.89. The van der Waals surface area contributed by atoms with Crippen molar-refractivity contribution < 1.29 is 5.32 Å². The number of hydrogen-bond donors (Lipinski definition) is 3. The molecule has 0 radical (unpaired) electrons. The van der Waals surface area contributed by atoms with E-state index in [9.17, 15) is 0 Å². The zero-order valence-corrected chi connectivity index (χ0v) is 10.2. The molecule has 0 aliphatic carbocycles. The second-order valence-electron chi connectivity index (χ2n) is 3.79. The first-order valence-corrected chi connectivity index (χ1v) is 5.69. The number of nitrogens with two attached hydrogens (primary N) is 1. The van der Waals surface area contributed by atoms with Crippen LogP contribution in [0.5, 0.6) is 0 Å². The van der Waals surface area contributed by atoms with Crippen molar-refractivity contribution in [2.75, 3.05) is 39.8 Å². The SMILES string of the molecule is C[NH2+]C(C)=C(Cl)C(=N)CN1CCNCC1. The van der Waals surface area contributed by atoms with Crippen LogP contribution in [0, 0.1) is 5.41 Å². The second kappa shape index (κ2) is 6.23. The molecule has 15 heavy (non-hydrogen) atoms. The summed E-state index contributed by atoms with van der Waals surface area (Å²) in [6, 6.07) is 0. The monoisotopic (exact) mass is 231 g/mol. The lowest BCUT2D eigenvalue weighted by molar-refractivity contribution is -0.576. The Kier molecular flexibility index (Phi) is 5.25. The molecule has 0 amide bonds. The van der Waals surface area contributed by atoms with E-state index in [0.717, 1.165) is 31.9 Å². The van der Waals surface area contributed by atoms with E-state index in [4.69, 9.17) is 17.0 Å². The van der Waals surface area contributed by atoms with Gasteiger partial charge in [0.1, 0.15) is 10.7 Å². The molecule has 0 aromatic heterocycles. The molecule has 0 aromatic carbocycles. The van der Waals surface area contributed by atoms with Crippen molar-refractivity contribution in [3.8, 4) is 0 Å². The fourth-order valence-corrected chi connectivity index (χ4v) is 1.70. The van der Waals surface area contributed by atoms with E-state index >= 15 is 0 Å². The van der Waals surface area contributed by atoms with Gasteiger partial charge in [-0.05, 0) is 0 Å². The topological polar surface area (TPSA) is 55.7 Å². The molecule has 0 saturated carbocycles. The number of hydrogen-bond acceptors (Lipinski definition) is 3. The van der Waals surface area contributed by atoms with Crippen LogP contribution in [0.3, 0.4) is 0 Å². The molecule has 1 saturated heterocycles. The molecule has 0 bridgehead atoms. The zero-order valence-electron chi connectivity index (χ0n) is 9.44. The molecule has 4 N–H and O–H groups in total. The van der Waals surface area contributed by atoms with Crippen molar-refractivity contribution in [2.24, 2.45) is 0 Å². The van der Waals surface area contributed by atoms with Crippen LogP contribution in [-0.4, -0.2) is 50.4 Å². The summed E-state index contributed by atoms with van der Waals surface area (Å²) in [5, 5.41) is 13.7. The van der Waals surface area contributed by atoms with E-state index in [1.165, 1.54) is 0 Å². The van der Waals surface area contributed by atoms with Crippen LogP contribution in [0.2, 0.25) is 0 Å². The van der Waals surface area contributed by atoms with E-state index < -0.39 is 0 Å². The number of halogens is 1. The van der Waals surface area contributed by atoms with E-state index in [-0.39, 0.29) is 0 Å². The number of nitrogens with one attached hydrogen (secondary N) is 2. The van der Waals surface area contributed by atoms with Crippen LogP contribution >= 0.6 is 11.6 Å². The Morgan fingerprint density at radius 2 is 2.07 bits per heavy atom. The molecule has 1 aliphatic heterocycles. The van der Waals surface area contributed by atoms with Crippen molar-refractivity contribution in [1.82, 2.24) is 10.2 Å². The molecule has 1 aliphatic rings. The van der Waals surface area contributed by atoms with Gasteiger partial charge in [0.05, 0.1) is 12.8 Å². The zero-order chi connectivity index (χ0) is 11.3. The first-order valence-electron chi connectivity index (χ1n) is 5.31. The van der Waals surface area contributed by atoms with Gasteiger partial charge in [0.15, 0.2) is 0 Å². The number of piperazine rings is 1. The van der Waals surface area contributed by atoms with E-state index in [0.29, 0.717) is 17.3 Å². The molecule has 1 fully saturated rings. The van der Waals surface area contributed by atoms with Gasteiger partial charge in [-0.2, -0.15) is 0 Å². The predicted molar refractivity (Wildman–Crippen MR) is 63.4 cm³/mol. The second-order valence-corrected chi connectivity index (χ2v) is 4.17. The molecule has 1 rings (SSSR count). The van der Waals surface area contributed by atoms with E-state index in [2.05, 4.69) is 10.2 Å². The molecular weight excluding hydrogens is 212 g/mol. The summed E-state index contributed by atoms with van der Waals surface area (Å²) in [5.74, 6) is 0. The number of rotatable bonds is 4. The van der Waals surface area contributed by atoms with Gasteiger partial charge in [-0.25, -0.2) is 0 Å². The van der Waals surface area contributed by atoms with Crippen molar-refractivity contribution in [3.63, 3.8) is 0 Å². The maximum Gasteiger partial charge on any atom is 0.123 e. The summed E-state index contributed by atoms with van der Waals surface area (Å²) in [6.07, 6.45) is 0. The average Bonchev–Trinajstić information content (AvgIpc) is 2.28. The summed E-state index contributed by atoms with van der Waals surface area (Å²) in [4.78, 5) is 2.25. The van der Waals surface area contributed by atoms with E-state index in [1.807, 2.05) is 19.3 Å². The van der Waals surface area contributed by atoms with Crippen LogP contribution in [0.25, 0.3) is 0 Å². The Balaban J connectivity index is 2.47. The van der Waals surface area contributed by atoms with Crippen LogP contribution in [0.4, 0.5) is 0 Å². The lowest BCUT2D eigenvalue weighted by atomic mass is 10.2. The molecule has 1 heterocycles. The fraction of sp³-hybridized carbons (Fsp3) is 0.700. The van der Waals surface area contributed by atoms with Crippen molar-refractivity contribution in [1.29, 1.82) is 5.41 Å². The Morgan fingerprint density at radius 1 is 1.47 bits per heavy atom. The van der Waals surface area contributed by atoms with Crippen molar-refractivity contribution in [2.45, 2.75) is 6.92 Å². The number of quaternary nitrogens is 1. The van der Waals surface area contributed by atoms with Gasteiger partial charge in [0.25, 0.3) is 0 Å². The van der Waals surface area contributed by atoms with Crippen molar-refractivity contribution >= 4 is 17.3 Å². The van der Waals surface area contributed by atoms with E-state index in [1.54, 1.807) is 0 Å². The minimum absolute atomic E-state index is 0.522. The third-order valence-corrected chi connectivity index (χ3v) is 3.16. The van der Waals surface area contributed by atoms with Gasteiger partial charge in [-0.3, -0.25) is 4.90 Å². The standard InChI is InChI=1S/C10H19ClN4/c1-8(13-2)10(11)9(12)7-15-5-3-14-4-6-15/h12-14H,3-7H2,1-2H3/p+1. The van der Waals surface area contributed by atoms with Gasteiger partial charge in [0, 0.05) is 39.6 Å². The smallest absolute Gasteiger partial charge is 0.123 e. The molecule has 86 valence electrons. The molecular formula is C10H20ClN4+. The van der Waals surface area contributed by atoms with Gasteiger partial charge in [0.2, 0.25) is 0 Å².